The summed E-state index contributed by atoms with van der Waals surface area (Å²) in [5.41, 5.74) is -0.789. The van der Waals surface area contributed by atoms with E-state index in [-0.39, 0.29) is 13.2 Å². The number of nitrogens with one attached hydrogen (secondary N) is 1. The molecule has 0 aromatic rings. The van der Waals surface area contributed by atoms with Crippen LogP contribution >= 0.6 is 0 Å². The number of rotatable bonds is 5. The maximum atomic E-state index is 11.7. The number of nitrogens with zero attached hydrogens (tertiary/aromatic N) is 1. The molecule has 1 saturated heterocycles. The number of piperidine rings is 1. The lowest BCUT2D eigenvalue weighted by atomic mass is 9.77. The zero-order valence-corrected chi connectivity index (χ0v) is 12.0. The van der Waals surface area contributed by atoms with Gasteiger partial charge in [-0.1, -0.05) is 6.92 Å². The zero-order chi connectivity index (χ0) is 15.2. The van der Waals surface area contributed by atoms with Gasteiger partial charge in [0.25, 0.3) is 0 Å². The second-order valence-electron chi connectivity index (χ2n) is 5.02. The van der Waals surface area contributed by atoms with E-state index in [4.69, 9.17) is 0 Å². The van der Waals surface area contributed by atoms with Crippen LogP contribution in [0.5, 0.6) is 0 Å². The highest BCUT2D eigenvalue weighted by Gasteiger charge is 2.41. The van der Waals surface area contributed by atoms with Gasteiger partial charge in [0.1, 0.15) is 0 Å². The van der Waals surface area contributed by atoms with Gasteiger partial charge < -0.3 is 9.84 Å². The Labute approximate surface area is 118 Å². The fourth-order valence-electron chi connectivity index (χ4n) is 2.50. The summed E-state index contributed by atoms with van der Waals surface area (Å²) in [5, 5.41) is 11.5. The van der Waals surface area contributed by atoms with Crippen LogP contribution in [0.3, 0.4) is 0 Å². The van der Waals surface area contributed by atoms with E-state index >= 15 is 0 Å². The third kappa shape index (κ3) is 4.19. The molecular weight excluding hydrogens is 264 g/mol. The molecule has 0 aliphatic carbocycles. The van der Waals surface area contributed by atoms with Gasteiger partial charge in [0.2, 0.25) is 5.91 Å². The molecule has 0 radical (unpaired) electrons. The van der Waals surface area contributed by atoms with Gasteiger partial charge >= 0.3 is 12.1 Å². The maximum absolute atomic E-state index is 11.7. The van der Waals surface area contributed by atoms with Crippen molar-refractivity contribution in [1.82, 2.24) is 10.2 Å². The Morgan fingerprint density at radius 2 is 2.05 bits per heavy atom. The molecule has 1 unspecified atom stereocenters. The Bertz CT molecular complexity index is 385. The number of carbonyl (C=O) groups excluding carboxylic acids is 2. The lowest BCUT2D eigenvalue weighted by molar-refractivity contribution is -0.153. The normalized spacial score (nSPS) is 23.1. The topological polar surface area (TPSA) is 95.9 Å². The molecule has 0 aromatic heterocycles. The standard InChI is InChI=1S/C13H22N2O5/c1-3-13(11(17)18)6-5-7-15(9-13)8-10(16)14-12(19)20-4-2/h3-9H2,1-2H3,(H,17,18)(H,14,16,19). The molecule has 1 heterocycles. The van der Waals surface area contributed by atoms with Crippen LogP contribution in [0.15, 0.2) is 0 Å². The number of carboxylic acid groups (broad SMARTS) is 1. The molecule has 7 heteroatoms. The van der Waals surface area contributed by atoms with Crippen molar-refractivity contribution < 1.29 is 24.2 Å². The minimum absolute atomic E-state index is 0.00778. The third-order valence-corrected chi connectivity index (χ3v) is 3.67. The number of hydrogen-bond acceptors (Lipinski definition) is 5. The van der Waals surface area contributed by atoms with Crippen LogP contribution < -0.4 is 5.32 Å². The molecule has 2 amide bonds. The number of hydrogen-bond donors (Lipinski definition) is 2. The Balaban J connectivity index is 2.54. The molecule has 0 spiro atoms. The van der Waals surface area contributed by atoms with Crippen LogP contribution in [0, 0.1) is 5.41 Å². The van der Waals surface area contributed by atoms with Crippen molar-refractivity contribution in [2.24, 2.45) is 5.41 Å². The van der Waals surface area contributed by atoms with Crippen molar-refractivity contribution in [3.63, 3.8) is 0 Å². The molecule has 20 heavy (non-hydrogen) atoms. The molecule has 114 valence electrons. The van der Waals surface area contributed by atoms with Crippen LogP contribution in [0.2, 0.25) is 0 Å². The molecular formula is C13H22N2O5. The van der Waals surface area contributed by atoms with Gasteiger partial charge in [-0.2, -0.15) is 0 Å². The van der Waals surface area contributed by atoms with E-state index in [1.807, 2.05) is 6.92 Å². The summed E-state index contributed by atoms with van der Waals surface area (Å²) in [6, 6.07) is 0. The largest absolute Gasteiger partial charge is 0.481 e. The summed E-state index contributed by atoms with van der Waals surface area (Å²) in [5.74, 6) is -1.30. The van der Waals surface area contributed by atoms with Gasteiger partial charge in [-0.25, -0.2) is 4.79 Å². The van der Waals surface area contributed by atoms with Gasteiger partial charge in [-0.15, -0.1) is 0 Å². The van der Waals surface area contributed by atoms with Crippen molar-refractivity contribution in [3.8, 4) is 0 Å². The van der Waals surface area contributed by atoms with Crippen LogP contribution in [0.4, 0.5) is 4.79 Å². The predicted molar refractivity (Wildman–Crippen MR) is 71.2 cm³/mol. The summed E-state index contributed by atoms with van der Waals surface area (Å²) in [4.78, 5) is 36.0. The summed E-state index contributed by atoms with van der Waals surface area (Å²) in [7, 11) is 0. The minimum atomic E-state index is -0.824. The molecule has 2 N–H and O–H groups in total. The Morgan fingerprint density at radius 3 is 2.60 bits per heavy atom. The Kier molecular flexibility index (Phi) is 5.94. The highest BCUT2D eigenvalue weighted by molar-refractivity contribution is 5.92. The van der Waals surface area contributed by atoms with Crippen molar-refractivity contribution in [1.29, 1.82) is 0 Å². The number of imide groups is 1. The number of aliphatic carboxylic acids is 1. The Morgan fingerprint density at radius 1 is 1.35 bits per heavy atom. The number of carbonyl (C=O) groups is 3. The molecule has 1 atom stereocenters. The van der Waals surface area contributed by atoms with E-state index < -0.39 is 23.4 Å². The van der Waals surface area contributed by atoms with Crippen LogP contribution in [-0.2, 0) is 14.3 Å². The molecule has 0 saturated carbocycles. The summed E-state index contributed by atoms with van der Waals surface area (Å²) < 4.78 is 4.62. The molecule has 7 nitrogen and oxygen atoms in total. The average Bonchev–Trinajstić information content (AvgIpc) is 2.38. The van der Waals surface area contributed by atoms with Crippen LogP contribution in [0.25, 0.3) is 0 Å². The van der Waals surface area contributed by atoms with E-state index in [9.17, 15) is 19.5 Å². The van der Waals surface area contributed by atoms with E-state index in [1.165, 1.54) is 0 Å². The predicted octanol–water partition coefficient (Wildman–Crippen LogP) is 0.836. The van der Waals surface area contributed by atoms with Crippen LogP contribution in [-0.4, -0.2) is 54.2 Å². The maximum Gasteiger partial charge on any atom is 0.413 e. The first kappa shape index (κ1) is 16.4. The van der Waals surface area contributed by atoms with Gasteiger partial charge in [0.15, 0.2) is 0 Å². The lowest BCUT2D eigenvalue weighted by Crippen LogP contribution is -2.50. The molecule has 1 fully saturated rings. The first-order chi connectivity index (χ1) is 9.43. The van der Waals surface area contributed by atoms with Gasteiger partial charge in [-0.3, -0.25) is 19.8 Å². The summed E-state index contributed by atoms with van der Waals surface area (Å²) >= 11 is 0. The number of likely N-dealkylation sites (tertiary alicyclic amines) is 1. The van der Waals surface area contributed by atoms with Crippen molar-refractivity contribution >= 4 is 18.0 Å². The van der Waals surface area contributed by atoms with Crippen LogP contribution in [0.1, 0.15) is 33.1 Å². The van der Waals surface area contributed by atoms with E-state index in [2.05, 4.69) is 10.1 Å². The van der Waals surface area contributed by atoms with E-state index in [1.54, 1.807) is 11.8 Å². The smallest absolute Gasteiger partial charge is 0.413 e. The van der Waals surface area contributed by atoms with Crippen molar-refractivity contribution in [3.05, 3.63) is 0 Å². The molecule has 0 bridgehead atoms. The molecule has 1 aliphatic rings. The fourth-order valence-corrected chi connectivity index (χ4v) is 2.50. The number of carboxylic acids is 1. The molecule has 1 aliphatic heterocycles. The van der Waals surface area contributed by atoms with E-state index in [0.717, 1.165) is 6.42 Å². The SMILES string of the molecule is CCOC(=O)NC(=O)CN1CCCC(CC)(C(=O)O)C1. The fraction of sp³-hybridized carbons (Fsp3) is 0.769. The third-order valence-electron chi connectivity index (χ3n) is 3.67. The second-order valence-corrected chi connectivity index (χ2v) is 5.02. The lowest BCUT2D eigenvalue weighted by Gasteiger charge is -2.38. The van der Waals surface area contributed by atoms with Gasteiger partial charge in [0.05, 0.1) is 18.6 Å². The van der Waals surface area contributed by atoms with Crippen molar-refractivity contribution in [2.75, 3.05) is 26.2 Å². The van der Waals surface area contributed by atoms with E-state index in [0.29, 0.717) is 25.9 Å². The summed E-state index contributed by atoms with van der Waals surface area (Å²) in [6.45, 7) is 4.68. The monoisotopic (exact) mass is 286 g/mol. The van der Waals surface area contributed by atoms with Crippen molar-refractivity contribution in [2.45, 2.75) is 33.1 Å². The number of ether oxygens (including phenoxy) is 1. The first-order valence-corrected chi connectivity index (χ1v) is 6.86. The minimum Gasteiger partial charge on any atom is -0.481 e. The average molecular weight is 286 g/mol. The molecule has 1 rings (SSSR count). The molecule has 0 aromatic carbocycles. The highest BCUT2D eigenvalue weighted by Crippen LogP contribution is 2.33. The second kappa shape index (κ2) is 7.23. The summed E-state index contributed by atoms with van der Waals surface area (Å²) in [6.07, 6.45) is 1.11. The highest BCUT2D eigenvalue weighted by atomic mass is 16.5. The zero-order valence-electron chi connectivity index (χ0n) is 12.0. The first-order valence-electron chi connectivity index (χ1n) is 6.86. The quantitative estimate of drug-likeness (QED) is 0.777. The Hall–Kier alpha value is -1.63. The van der Waals surface area contributed by atoms with Gasteiger partial charge in [-0.05, 0) is 32.7 Å². The number of amides is 2. The van der Waals surface area contributed by atoms with Gasteiger partial charge in [0, 0.05) is 6.54 Å². The number of alkyl carbamates (subject to hydrolysis) is 1.